The highest BCUT2D eigenvalue weighted by Crippen LogP contribution is 2.35. The Morgan fingerprint density at radius 2 is 2.00 bits per heavy atom. The Hall–Kier alpha value is -3.10. The van der Waals surface area contributed by atoms with Gasteiger partial charge in [0, 0.05) is 6.26 Å². The summed E-state index contributed by atoms with van der Waals surface area (Å²) >= 11 is 1.87. The van der Waals surface area contributed by atoms with E-state index in [-0.39, 0.29) is 34.0 Å². The van der Waals surface area contributed by atoms with E-state index < -0.39 is 31.5 Å². The van der Waals surface area contributed by atoms with Crippen molar-refractivity contribution in [3.8, 4) is 5.88 Å². The number of benzene rings is 1. The highest BCUT2D eigenvalue weighted by molar-refractivity contribution is 7.91. The molecule has 34 heavy (non-hydrogen) atoms. The van der Waals surface area contributed by atoms with E-state index in [2.05, 4.69) is 20.2 Å². The predicted octanol–water partition coefficient (Wildman–Crippen LogP) is 2.81. The van der Waals surface area contributed by atoms with Gasteiger partial charge in [-0.3, -0.25) is 9.78 Å². The number of fused-ring (bicyclic) bond motifs is 1. The van der Waals surface area contributed by atoms with E-state index in [9.17, 15) is 23.1 Å². The molecule has 3 aromatic heterocycles. The summed E-state index contributed by atoms with van der Waals surface area (Å²) in [7, 11) is -3.78. The molecule has 0 saturated carbocycles. The Labute approximate surface area is 201 Å². The van der Waals surface area contributed by atoms with Crippen LogP contribution in [0.5, 0.6) is 5.88 Å². The summed E-state index contributed by atoms with van der Waals surface area (Å²) in [6.45, 7) is 5.30. The minimum absolute atomic E-state index is 0.0301. The van der Waals surface area contributed by atoms with Crippen LogP contribution in [-0.2, 0) is 21.0 Å². The van der Waals surface area contributed by atoms with Gasteiger partial charge in [-0.25, -0.2) is 18.2 Å². The molecule has 180 valence electrons. The molecular weight excluding hydrogens is 504 g/mol. The molecule has 0 bridgehead atoms. The molecule has 1 atom stereocenters. The van der Waals surface area contributed by atoms with E-state index in [0.717, 1.165) is 28.9 Å². The maximum Gasteiger partial charge on any atom is 0.338 e. The van der Waals surface area contributed by atoms with Gasteiger partial charge in [0.15, 0.2) is 15.1 Å². The molecule has 0 aliphatic carbocycles. The first-order valence-corrected chi connectivity index (χ1v) is 13.4. The number of aromatic hydroxyl groups is 1. The van der Waals surface area contributed by atoms with Gasteiger partial charge in [0.05, 0.1) is 27.1 Å². The van der Waals surface area contributed by atoms with Gasteiger partial charge < -0.3 is 14.3 Å². The lowest BCUT2D eigenvalue weighted by atomic mass is 10.1. The van der Waals surface area contributed by atoms with Crippen LogP contribution < -0.4 is 4.87 Å². The maximum absolute atomic E-state index is 12.6. The number of sulfone groups is 1. The first-order valence-electron chi connectivity index (χ1n) is 9.86. The van der Waals surface area contributed by atoms with Crippen molar-refractivity contribution in [1.29, 1.82) is 0 Å². The summed E-state index contributed by atoms with van der Waals surface area (Å²) in [4.78, 5) is 30.3. The van der Waals surface area contributed by atoms with Crippen LogP contribution in [0, 0.1) is 0 Å². The van der Waals surface area contributed by atoms with Crippen LogP contribution in [-0.4, -0.2) is 51.5 Å². The number of carbonyl (C=O) groups excluding carboxylic acids is 1. The third-order valence-electron chi connectivity index (χ3n) is 4.41. The van der Waals surface area contributed by atoms with Crippen molar-refractivity contribution < 1.29 is 27.5 Å². The van der Waals surface area contributed by atoms with Gasteiger partial charge in [0.2, 0.25) is 17.7 Å². The number of aromatic nitrogens is 4. The third kappa shape index (κ3) is 5.18. The number of thiazole rings is 2. The normalized spacial score (nSPS) is 13.3. The molecule has 14 heteroatoms. The molecule has 4 aromatic rings. The van der Waals surface area contributed by atoms with Crippen molar-refractivity contribution >= 4 is 48.7 Å². The molecule has 0 spiro atoms. The molecule has 3 heterocycles. The van der Waals surface area contributed by atoms with Crippen molar-refractivity contribution in [1.82, 2.24) is 20.2 Å². The molecule has 11 nitrogen and oxygen atoms in total. The minimum Gasteiger partial charge on any atom is -0.494 e. The zero-order chi connectivity index (χ0) is 24.8. The molecule has 0 saturated heterocycles. The molecule has 1 aromatic carbocycles. The number of nitrogens with one attached hydrogen (secondary N) is 1. The van der Waals surface area contributed by atoms with Crippen LogP contribution in [0.3, 0.4) is 0 Å². The van der Waals surface area contributed by atoms with Crippen LogP contribution in [0.4, 0.5) is 0 Å². The fourth-order valence-electron chi connectivity index (χ4n) is 3.04. The van der Waals surface area contributed by atoms with Crippen LogP contribution in [0.15, 0.2) is 27.4 Å². The molecule has 0 fully saturated rings. The number of hydrogen-bond donors (Lipinski definition) is 2. The first-order chi connectivity index (χ1) is 15.8. The Morgan fingerprint density at radius 3 is 2.62 bits per heavy atom. The minimum atomic E-state index is -3.78. The van der Waals surface area contributed by atoms with Crippen molar-refractivity contribution in [3.05, 3.63) is 55.1 Å². The van der Waals surface area contributed by atoms with Crippen molar-refractivity contribution in [2.75, 3.05) is 6.26 Å². The SMILES string of the molecule is CC(C)(C)OC(=O)c1ccc2nc(C(c3nnc(Cc4sc(=O)[nH]c4O)o3)S(C)(=O)=O)sc2c1. The topological polar surface area (TPSA) is 165 Å². The van der Waals surface area contributed by atoms with E-state index in [1.807, 2.05) is 0 Å². The Kier molecular flexibility index (Phi) is 6.08. The maximum atomic E-state index is 12.6. The largest absolute Gasteiger partial charge is 0.494 e. The van der Waals surface area contributed by atoms with Crippen molar-refractivity contribution in [2.45, 2.75) is 38.0 Å². The summed E-state index contributed by atoms with van der Waals surface area (Å²) in [5, 5.41) is 16.4. The number of nitrogens with zero attached hydrogens (tertiary/aromatic N) is 3. The Morgan fingerprint density at radius 1 is 1.26 bits per heavy atom. The summed E-state index contributed by atoms with van der Waals surface area (Å²) in [6, 6.07) is 4.78. The fraction of sp³-hybridized carbons (Fsp3) is 0.350. The Bertz CT molecular complexity index is 1540. The lowest BCUT2D eigenvalue weighted by molar-refractivity contribution is 0.00696. The second-order valence-electron chi connectivity index (χ2n) is 8.44. The first kappa shape index (κ1) is 24.0. The van der Waals surface area contributed by atoms with E-state index in [0.29, 0.717) is 15.8 Å². The summed E-state index contributed by atoms with van der Waals surface area (Å²) in [5.74, 6) is -0.962. The molecule has 0 aliphatic rings. The van der Waals surface area contributed by atoms with Gasteiger partial charge in [0.25, 0.3) is 0 Å². The molecule has 0 radical (unpaired) electrons. The molecule has 4 rings (SSSR count). The fourth-order valence-corrected chi connectivity index (χ4v) is 6.29. The van der Waals surface area contributed by atoms with E-state index in [1.165, 1.54) is 0 Å². The number of carbonyl (C=O) groups is 1. The number of ether oxygens (including phenoxy) is 1. The smallest absolute Gasteiger partial charge is 0.338 e. The molecule has 0 amide bonds. The van der Waals surface area contributed by atoms with E-state index in [4.69, 9.17) is 9.15 Å². The van der Waals surface area contributed by atoms with Crippen LogP contribution in [0.25, 0.3) is 10.2 Å². The molecule has 2 N–H and O–H groups in total. The quantitative estimate of drug-likeness (QED) is 0.358. The summed E-state index contributed by atoms with van der Waals surface area (Å²) in [6.07, 6.45) is 0.987. The van der Waals surface area contributed by atoms with E-state index >= 15 is 0 Å². The zero-order valence-corrected chi connectivity index (χ0v) is 20.9. The van der Waals surface area contributed by atoms with Crippen LogP contribution in [0.1, 0.15) is 58.0 Å². The number of hydrogen-bond acceptors (Lipinski definition) is 12. The second-order valence-corrected chi connectivity index (χ2v) is 12.7. The van der Waals surface area contributed by atoms with E-state index in [1.54, 1.807) is 39.0 Å². The van der Waals surface area contributed by atoms with Crippen LogP contribution in [0.2, 0.25) is 0 Å². The number of aromatic amines is 1. The van der Waals surface area contributed by atoms with Crippen molar-refractivity contribution in [2.24, 2.45) is 0 Å². The number of H-pyrrole nitrogens is 1. The predicted molar refractivity (Wildman–Crippen MR) is 125 cm³/mol. The lowest BCUT2D eigenvalue weighted by Gasteiger charge is -2.19. The van der Waals surface area contributed by atoms with Gasteiger partial charge in [-0.15, -0.1) is 21.5 Å². The van der Waals surface area contributed by atoms with Gasteiger partial charge in [0.1, 0.15) is 10.6 Å². The van der Waals surface area contributed by atoms with Crippen molar-refractivity contribution in [3.63, 3.8) is 0 Å². The number of rotatable bonds is 6. The average Bonchev–Trinajstić information content (AvgIpc) is 3.38. The Balaban J connectivity index is 1.68. The summed E-state index contributed by atoms with van der Waals surface area (Å²) < 4.78 is 36.9. The van der Waals surface area contributed by atoms with Gasteiger partial charge in [-0.1, -0.05) is 11.3 Å². The second kappa shape index (κ2) is 8.60. The highest BCUT2D eigenvalue weighted by atomic mass is 32.2. The molecule has 0 aliphatic heterocycles. The van der Waals surface area contributed by atoms with Crippen LogP contribution >= 0.6 is 22.7 Å². The van der Waals surface area contributed by atoms with Gasteiger partial charge in [-0.2, -0.15) is 0 Å². The standard InChI is InChI=1S/C20H20N4O7S3/c1-20(2,3)31-18(26)9-5-6-10-11(7-9)32-17(21-10)14(34(4,28)29)16-24-23-13(30-16)8-12-15(25)22-19(27)33-12/h5-7,14,25H,8H2,1-4H3,(H,22,27). The number of esters is 1. The monoisotopic (exact) mass is 524 g/mol. The zero-order valence-electron chi connectivity index (χ0n) is 18.5. The van der Waals surface area contributed by atoms with Gasteiger partial charge in [-0.05, 0) is 39.0 Å². The summed E-state index contributed by atoms with van der Waals surface area (Å²) in [5.41, 5.74) is 0.163. The molecule has 1 unspecified atom stereocenters. The lowest BCUT2D eigenvalue weighted by Crippen LogP contribution is -2.23. The highest BCUT2D eigenvalue weighted by Gasteiger charge is 2.34. The van der Waals surface area contributed by atoms with Gasteiger partial charge >= 0.3 is 10.8 Å². The molecular formula is C20H20N4O7S3. The average molecular weight is 525 g/mol. The third-order valence-corrected chi connectivity index (χ3v) is 7.80.